The van der Waals surface area contributed by atoms with Gasteiger partial charge in [0.2, 0.25) is 5.91 Å². The van der Waals surface area contributed by atoms with Gasteiger partial charge >= 0.3 is 6.61 Å². The molecule has 1 N–H and O–H groups in total. The minimum atomic E-state index is -2.96. The fourth-order valence-electron chi connectivity index (χ4n) is 5.38. The van der Waals surface area contributed by atoms with Gasteiger partial charge in [0.15, 0.2) is 0 Å². The summed E-state index contributed by atoms with van der Waals surface area (Å²) in [6.45, 7) is 1.55. The minimum Gasteiger partial charge on any atom is -0.435 e. The highest BCUT2D eigenvalue weighted by atomic mass is 19.3. The van der Waals surface area contributed by atoms with E-state index in [1.165, 1.54) is 17.0 Å². The molecule has 0 atom stereocenters. The highest BCUT2D eigenvalue weighted by Gasteiger charge is 2.28. The van der Waals surface area contributed by atoms with Crippen LogP contribution >= 0.6 is 0 Å². The molecule has 2 aliphatic rings. The number of hydrogen-bond donors (Lipinski definition) is 1. The molecule has 6 rings (SSSR count). The lowest BCUT2D eigenvalue weighted by Gasteiger charge is -2.29. The lowest BCUT2D eigenvalue weighted by Crippen LogP contribution is -2.36. The van der Waals surface area contributed by atoms with E-state index in [2.05, 4.69) is 24.9 Å². The number of nitrogens with one attached hydrogen (secondary N) is 1. The maximum atomic E-state index is 15.4. The van der Waals surface area contributed by atoms with E-state index in [9.17, 15) is 18.0 Å². The van der Waals surface area contributed by atoms with E-state index >= 15 is 4.39 Å². The maximum Gasteiger partial charge on any atom is 0.387 e. The van der Waals surface area contributed by atoms with Gasteiger partial charge in [-0.1, -0.05) is 12.1 Å². The molecule has 2 aromatic heterocycles. The number of morpholine rings is 1. The molecule has 0 unspecified atom stereocenters. The molecule has 0 bridgehead atoms. The number of carbonyl (C=O) groups is 1. The van der Waals surface area contributed by atoms with Crippen LogP contribution in [0.25, 0.3) is 22.0 Å². The lowest BCUT2D eigenvalue weighted by molar-refractivity contribution is -0.117. The number of amides is 1. The van der Waals surface area contributed by atoms with E-state index in [0.717, 1.165) is 12.1 Å². The average molecular weight is 582 g/mol. The van der Waals surface area contributed by atoms with Gasteiger partial charge in [-0.15, -0.1) is 0 Å². The predicted octanol–water partition coefficient (Wildman–Crippen LogP) is 6.19. The van der Waals surface area contributed by atoms with Crippen LogP contribution in [0.3, 0.4) is 0 Å². The fourth-order valence-corrected chi connectivity index (χ4v) is 5.38. The van der Waals surface area contributed by atoms with Crippen molar-refractivity contribution in [1.82, 2.24) is 9.97 Å². The Kier molecular flexibility index (Phi) is 7.55. The number of anilines is 4. The Balaban J connectivity index is 1.51. The van der Waals surface area contributed by atoms with E-state index in [4.69, 9.17) is 4.74 Å². The average Bonchev–Trinajstić information content (AvgIpc) is 3.40. The molecule has 2 fully saturated rings. The molecule has 1 amide bonds. The number of rotatable bonds is 7. The highest BCUT2D eigenvalue weighted by molar-refractivity contribution is 6.03. The first kappa shape index (κ1) is 27.7. The second-order valence-electron chi connectivity index (χ2n) is 10.1. The smallest absolute Gasteiger partial charge is 0.387 e. The third-order valence-electron chi connectivity index (χ3n) is 7.42. The molecule has 0 spiro atoms. The Hall–Kier alpha value is -4.45. The van der Waals surface area contributed by atoms with Crippen molar-refractivity contribution < 1.29 is 31.8 Å². The summed E-state index contributed by atoms with van der Waals surface area (Å²) < 4.78 is 65.2. The van der Waals surface area contributed by atoms with Gasteiger partial charge in [0.1, 0.15) is 29.0 Å². The number of carbonyl (C=O) groups excluding carboxylic acids is 1. The zero-order chi connectivity index (χ0) is 29.4. The molecule has 2 aliphatic heterocycles. The number of benzene rings is 2. The van der Waals surface area contributed by atoms with E-state index in [1.807, 2.05) is 6.07 Å². The Bertz CT molecular complexity index is 1650. The van der Waals surface area contributed by atoms with Gasteiger partial charge in [-0.2, -0.15) is 8.78 Å². The van der Waals surface area contributed by atoms with E-state index in [1.54, 1.807) is 25.3 Å². The minimum absolute atomic E-state index is 0.00106. The first-order valence-corrected chi connectivity index (χ1v) is 13.5. The molecule has 0 saturated carbocycles. The van der Waals surface area contributed by atoms with Gasteiger partial charge in [0, 0.05) is 61.6 Å². The van der Waals surface area contributed by atoms with E-state index in [0.29, 0.717) is 85.4 Å². The molecule has 12 heteroatoms. The van der Waals surface area contributed by atoms with Crippen molar-refractivity contribution >= 4 is 39.8 Å². The van der Waals surface area contributed by atoms with Crippen molar-refractivity contribution in [1.29, 1.82) is 0 Å². The van der Waals surface area contributed by atoms with Crippen molar-refractivity contribution in [2.45, 2.75) is 26.4 Å². The summed E-state index contributed by atoms with van der Waals surface area (Å²) in [4.78, 5) is 25.4. The summed E-state index contributed by atoms with van der Waals surface area (Å²) in [6.07, 6.45) is 2.67. The summed E-state index contributed by atoms with van der Waals surface area (Å²) >= 11 is 0. The summed E-state index contributed by atoms with van der Waals surface area (Å²) in [5.74, 6) is -0.722. The molecule has 0 aliphatic carbocycles. The number of alkyl halides is 2. The number of hydrogen-bond acceptors (Lipinski definition) is 7. The largest absolute Gasteiger partial charge is 0.435 e. The van der Waals surface area contributed by atoms with E-state index in [-0.39, 0.29) is 22.6 Å². The van der Waals surface area contributed by atoms with Crippen molar-refractivity contribution in [3.8, 4) is 16.9 Å². The monoisotopic (exact) mass is 581 g/mol. The summed E-state index contributed by atoms with van der Waals surface area (Å²) in [6, 6.07) is 9.84. The third kappa shape index (κ3) is 5.41. The number of pyridine rings is 2. The molecular weight excluding hydrogens is 554 g/mol. The molecule has 4 aromatic rings. The van der Waals surface area contributed by atoms with Gasteiger partial charge in [-0.3, -0.25) is 9.69 Å². The first-order chi connectivity index (χ1) is 20.3. The van der Waals surface area contributed by atoms with Crippen LogP contribution in [0.15, 0.2) is 48.7 Å². The van der Waals surface area contributed by atoms with Crippen LogP contribution < -0.4 is 19.9 Å². The number of fused-ring (bicyclic) bond motifs is 1. The quantitative estimate of drug-likeness (QED) is 0.261. The van der Waals surface area contributed by atoms with Gasteiger partial charge in [0.05, 0.1) is 35.5 Å². The van der Waals surface area contributed by atoms with Crippen molar-refractivity contribution in [2.24, 2.45) is 0 Å². The molecule has 42 heavy (non-hydrogen) atoms. The van der Waals surface area contributed by atoms with Crippen molar-refractivity contribution in [3.63, 3.8) is 0 Å². The lowest BCUT2D eigenvalue weighted by atomic mass is 10.0. The van der Waals surface area contributed by atoms with Crippen LogP contribution in [0.1, 0.15) is 18.4 Å². The Morgan fingerprint density at radius 2 is 1.81 bits per heavy atom. The fraction of sp³-hybridized carbons (Fsp3) is 0.300. The number of nitrogens with zero attached hydrogens (tertiary/aromatic N) is 4. The summed E-state index contributed by atoms with van der Waals surface area (Å²) in [5, 5.41) is 3.43. The Morgan fingerprint density at radius 1 is 1.05 bits per heavy atom. The Labute approximate surface area is 238 Å². The van der Waals surface area contributed by atoms with Crippen LogP contribution in [0.4, 0.5) is 40.6 Å². The van der Waals surface area contributed by atoms with Gasteiger partial charge in [-0.05, 0) is 31.0 Å². The van der Waals surface area contributed by atoms with Crippen LogP contribution in [0, 0.1) is 18.6 Å². The zero-order valence-electron chi connectivity index (χ0n) is 22.7. The van der Waals surface area contributed by atoms with Crippen molar-refractivity contribution in [3.05, 3.63) is 65.9 Å². The number of halogens is 4. The van der Waals surface area contributed by atoms with Crippen molar-refractivity contribution in [2.75, 3.05) is 48.0 Å². The van der Waals surface area contributed by atoms with Gasteiger partial charge < -0.3 is 19.7 Å². The highest BCUT2D eigenvalue weighted by Crippen LogP contribution is 2.40. The molecule has 8 nitrogen and oxygen atoms in total. The second-order valence-corrected chi connectivity index (χ2v) is 10.1. The predicted molar refractivity (Wildman–Crippen MR) is 151 cm³/mol. The standard InChI is InChI=1S/C30H27F4N5O3/c1-17-28(27-22(32)13-19(31)14-24(27)37-29(17)39-8-2-3-26(39)40)36-23-15-25(38-9-11-41-12-10-38)35-16-21(23)18-4-6-20(7-5-18)42-30(33)34/h4-7,13-16,30H,2-3,8-12H2,1H3,(H,35,36,37). The van der Waals surface area contributed by atoms with Crippen LogP contribution in [0.2, 0.25) is 0 Å². The summed E-state index contributed by atoms with van der Waals surface area (Å²) in [5.41, 5.74) is 2.67. The molecular formula is C30H27F4N5O3. The van der Waals surface area contributed by atoms with Gasteiger partial charge in [0.25, 0.3) is 0 Å². The first-order valence-electron chi connectivity index (χ1n) is 13.5. The third-order valence-corrected chi connectivity index (χ3v) is 7.42. The molecule has 4 heterocycles. The van der Waals surface area contributed by atoms with Crippen LogP contribution in [0.5, 0.6) is 5.75 Å². The topological polar surface area (TPSA) is 79.8 Å². The van der Waals surface area contributed by atoms with Gasteiger partial charge in [-0.25, -0.2) is 18.7 Å². The SMILES string of the molecule is Cc1c(N2CCCC2=O)nc2cc(F)cc(F)c2c1Nc1cc(N2CCOCC2)ncc1-c1ccc(OC(F)F)cc1. The maximum absolute atomic E-state index is 15.4. The normalized spacial score (nSPS) is 15.6. The van der Waals surface area contributed by atoms with E-state index < -0.39 is 18.2 Å². The molecule has 2 saturated heterocycles. The number of ether oxygens (including phenoxy) is 2. The summed E-state index contributed by atoms with van der Waals surface area (Å²) in [7, 11) is 0. The molecule has 0 radical (unpaired) electrons. The van der Waals surface area contributed by atoms with Crippen LogP contribution in [-0.4, -0.2) is 55.3 Å². The molecule has 2 aromatic carbocycles. The molecule has 218 valence electrons. The number of aromatic nitrogens is 2. The van der Waals surface area contributed by atoms with Crippen LogP contribution in [-0.2, 0) is 9.53 Å². The Morgan fingerprint density at radius 3 is 2.50 bits per heavy atom. The second kappa shape index (κ2) is 11.4. The zero-order valence-corrected chi connectivity index (χ0v) is 22.7.